The molecular weight excluding hydrogens is 247 g/mol. The van der Waals surface area contributed by atoms with Crippen LogP contribution in [0.25, 0.3) is 0 Å². The zero-order valence-corrected chi connectivity index (χ0v) is 11.3. The lowest BCUT2D eigenvalue weighted by molar-refractivity contribution is -0.122. The van der Waals surface area contributed by atoms with Crippen molar-refractivity contribution in [3.8, 4) is 5.75 Å². The minimum Gasteiger partial charge on any atom is -0.496 e. The first-order valence-corrected chi connectivity index (χ1v) is 6.39. The second kappa shape index (κ2) is 6.02. The van der Waals surface area contributed by atoms with Crippen molar-refractivity contribution in [3.63, 3.8) is 0 Å². The van der Waals surface area contributed by atoms with E-state index in [0.29, 0.717) is 24.9 Å². The SMILES string of the molecule is COc1ccc(F)cc1CN(C)CC(=O)NC1CC1. The lowest BCUT2D eigenvalue weighted by atomic mass is 10.2. The third-order valence-electron chi connectivity index (χ3n) is 3.04. The molecule has 0 radical (unpaired) electrons. The third-order valence-corrected chi connectivity index (χ3v) is 3.04. The van der Waals surface area contributed by atoms with Gasteiger partial charge < -0.3 is 10.1 Å². The van der Waals surface area contributed by atoms with Gasteiger partial charge in [0, 0.05) is 18.2 Å². The van der Waals surface area contributed by atoms with Crippen molar-refractivity contribution in [3.05, 3.63) is 29.6 Å². The average Bonchev–Trinajstić information content (AvgIpc) is 3.12. The number of amides is 1. The van der Waals surface area contributed by atoms with Gasteiger partial charge in [0.05, 0.1) is 13.7 Å². The Hall–Kier alpha value is -1.62. The highest BCUT2D eigenvalue weighted by molar-refractivity contribution is 5.78. The fourth-order valence-electron chi connectivity index (χ4n) is 1.96. The van der Waals surface area contributed by atoms with Crippen LogP contribution in [-0.2, 0) is 11.3 Å². The van der Waals surface area contributed by atoms with E-state index in [0.717, 1.165) is 18.4 Å². The molecule has 1 aromatic carbocycles. The first-order chi connectivity index (χ1) is 9.08. The summed E-state index contributed by atoms with van der Waals surface area (Å²) in [6, 6.07) is 4.77. The van der Waals surface area contributed by atoms with Crippen LogP contribution in [0, 0.1) is 5.82 Å². The zero-order valence-electron chi connectivity index (χ0n) is 11.3. The van der Waals surface area contributed by atoms with Crippen LogP contribution in [0.5, 0.6) is 5.75 Å². The van der Waals surface area contributed by atoms with Crippen molar-refractivity contribution in [2.75, 3.05) is 20.7 Å². The minimum absolute atomic E-state index is 0.0142. The van der Waals surface area contributed by atoms with Gasteiger partial charge >= 0.3 is 0 Å². The van der Waals surface area contributed by atoms with E-state index in [1.807, 2.05) is 11.9 Å². The van der Waals surface area contributed by atoms with Crippen LogP contribution >= 0.6 is 0 Å². The summed E-state index contributed by atoms with van der Waals surface area (Å²) in [6.45, 7) is 0.773. The second-order valence-corrected chi connectivity index (χ2v) is 4.97. The number of rotatable bonds is 6. The summed E-state index contributed by atoms with van der Waals surface area (Å²) in [7, 11) is 3.38. The Kier molecular flexibility index (Phi) is 4.37. The smallest absolute Gasteiger partial charge is 0.234 e. The number of ether oxygens (including phenoxy) is 1. The van der Waals surface area contributed by atoms with E-state index in [-0.39, 0.29) is 11.7 Å². The number of hydrogen-bond acceptors (Lipinski definition) is 3. The van der Waals surface area contributed by atoms with E-state index in [1.54, 1.807) is 13.2 Å². The molecule has 1 amide bonds. The molecule has 1 fully saturated rings. The molecule has 0 aliphatic heterocycles. The van der Waals surface area contributed by atoms with Crippen LogP contribution in [0.4, 0.5) is 4.39 Å². The topological polar surface area (TPSA) is 41.6 Å². The molecule has 1 aliphatic rings. The summed E-state index contributed by atoms with van der Waals surface area (Å²) in [4.78, 5) is 13.5. The Morgan fingerprint density at radius 1 is 1.53 bits per heavy atom. The number of methoxy groups -OCH3 is 1. The maximum Gasteiger partial charge on any atom is 0.234 e. The number of hydrogen-bond donors (Lipinski definition) is 1. The van der Waals surface area contributed by atoms with Gasteiger partial charge in [-0.2, -0.15) is 0 Å². The number of benzene rings is 1. The first-order valence-electron chi connectivity index (χ1n) is 6.39. The Bertz CT molecular complexity index is 461. The first kappa shape index (κ1) is 13.8. The molecule has 0 spiro atoms. The standard InChI is InChI=1S/C14H19FN2O2/c1-17(9-14(18)16-12-4-5-12)8-10-7-11(15)3-6-13(10)19-2/h3,6-7,12H,4-5,8-9H2,1-2H3,(H,16,18). The van der Waals surface area contributed by atoms with Crippen molar-refractivity contribution in [2.24, 2.45) is 0 Å². The normalized spacial score (nSPS) is 14.5. The van der Waals surface area contributed by atoms with Crippen LogP contribution in [0.3, 0.4) is 0 Å². The Morgan fingerprint density at radius 2 is 2.26 bits per heavy atom. The summed E-state index contributed by atoms with van der Waals surface area (Å²) in [6.07, 6.45) is 2.15. The van der Waals surface area contributed by atoms with E-state index in [2.05, 4.69) is 5.32 Å². The van der Waals surface area contributed by atoms with E-state index in [9.17, 15) is 9.18 Å². The van der Waals surface area contributed by atoms with Crippen molar-refractivity contribution < 1.29 is 13.9 Å². The van der Waals surface area contributed by atoms with Crippen LogP contribution in [0.15, 0.2) is 18.2 Å². The average molecular weight is 266 g/mol. The minimum atomic E-state index is -0.299. The van der Waals surface area contributed by atoms with Gasteiger partial charge in [-0.05, 0) is 38.1 Å². The molecule has 0 atom stereocenters. The van der Waals surface area contributed by atoms with Crippen LogP contribution in [0.2, 0.25) is 0 Å². The summed E-state index contributed by atoms with van der Waals surface area (Å²) in [5, 5.41) is 2.92. The zero-order chi connectivity index (χ0) is 13.8. The molecule has 0 bridgehead atoms. The Balaban J connectivity index is 1.91. The molecule has 0 heterocycles. The molecule has 1 saturated carbocycles. The van der Waals surface area contributed by atoms with Crippen LogP contribution in [0.1, 0.15) is 18.4 Å². The van der Waals surface area contributed by atoms with Crippen molar-refractivity contribution in [2.45, 2.75) is 25.4 Å². The van der Waals surface area contributed by atoms with Gasteiger partial charge in [0.25, 0.3) is 0 Å². The highest BCUT2D eigenvalue weighted by Gasteiger charge is 2.23. The van der Waals surface area contributed by atoms with Gasteiger partial charge in [0.1, 0.15) is 11.6 Å². The monoisotopic (exact) mass is 266 g/mol. The van der Waals surface area contributed by atoms with Crippen molar-refractivity contribution in [1.82, 2.24) is 10.2 Å². The van der Waals surface area contributed by atoms with E-state index < -0.39 is 0 Å². The Morgan fingerprint density at radius 3 is 2.89 bits per heavy atom. The lowest BCUT2D eigenvalue weighted by Crippen LogP contribution is -2.36. The molecule has 1 aromatic rings. The van der Waals surface area contributed by atoms with Gasteiger partial charge in [-0.15, -0.1) is 0 Å². The van der Waals surface area contributed by atoms with E-state index in [1.165, 1.54) is 12.1 Å². The third kappa shape index (κ3) is 4.21. The molecule has 104 valence electrons. The predicted molar refractivity (Wildman–Crippen MR) is 70.5 cm³/mol. The molecule has 0 saturated heterocycles. The van der Waals surface area contributed by atoms with E-state index in [4.69, 9.17) is 4.74 Å². The van der Waals surface area contributed by atoms with Gasteiger partial charge in [-0.1, -0.05) is 0 Å². The maximum absolute atomic E-state index is 13.2. The lowest BCUT2D eigenvalue weighted by Gasteiger charge is -2.18. The predicted octanol–water partition coefficient (Wildman–Crippen LogP) is 1.54. The van der Waals surface area contributed by atoms with Gasteiger partial charge in [0.15, 0.2) is 0 Å². The van der Waals surface area contributed by atoms with Gasteiger partial charge in [-0.3, -0.25) is 9.69 Å². The summed E-state index contributed by atoms with van der Waals surface area (Å²) >= 11 is 0. The fourth-order valence-corrected chi connectivity index (χ4v) is 1.96. The molecule has 2 rings (SSSR count). The maximum atomic E-state index is 13.2. The Labute approximate surface area is 112 Å². The molecule has 5 heteroatoms. The number of likely N-dealkylation sites (N-methyl/N-ethyl adjacent to an activating group) is 1. The molecule has 19 heavy (non-hydrogen) atoms. The molecule has 1 N–H and O–H groups in total. The largest absolute Gasteiger partial charge is 0.496 e. The number of carbonyl (C=O) groups excluding carboxylic acids is 1. The number of carbonyl (C=O) groups is 1. The van der Waals surface area contributed by atoms with Gasteiger partial charge in [0.2, 0.25) is 5.91 Å². The summed E-state index contributed by atoms with van der Waals surface area (Å²) < 4.78 is 18.4. The number of halogens is 1. The molecule has 0 unspecified atom stereocenters. The van der Waals surface area contributed by atoms with E-state index >= 15 is 0 Å². The summed E-state index contributed by atoms with van der Waals surface area (Å²) in [5.41, 5.74) is 0.740. The molecule has 1 aliphatic carbocycles. The van der Waals surface area contributed by atoms with Crippen molar-refractivity contribution >= 4 is 5.91 Å². The highest BCUT2D eigenvalue weighted by atomic mass is 19.1. The van der Waals surface area contributed by atoms with Crippen LogP contribution < -0.4 is 10.1 Å². The fraction of sp³-hybridized carbons (Fsp3) is 0.500. The van der Waals surface area contributed by atoms with Gasteiger partial charge in [-0.25, -0.2) is 4.39 Å². The van der Waals surface area contributed by atoms with Crippen LogP contribution in [-0.4, -0.2) is 37.6 Å². The summed E-state index contributed by atoms with van der Waals surface area (Å²) in [5.74, 6) is 0.350. The second-order valence-electron chi connectivity index (χ2n) is 4.97. The molecule has 4 nitrogen and oxygen atoms in total. The number of nitrogens with zero attached hydrogens (tertiary/aromatic N) is 1. The van der Waals surface area contributed by atoms with Crippen molar-refractivity contribution in [1.29, 1.82) is 0 Å². The molecule has 0 aromatic heterocycles. The number of nitrogens with one attached hydrogen (secondary N) is 1. The molecular formula is C14H19FN2O2. The highest BCUT2D eigenvalue weighted by Crippen LogP contribution is 2.21. The quantitative estimate of drug-likeness (QED) is 0.849.